The highest BCUT2D eigenvalue weighted by Gasteiger charge is 2.63. The molecule has 8 rings (SSSR count). The molecule has 0 aromatic heterocycles. The Balaban J connectivity index is 1.59. The van der Waals surface area contributed by atoms with Crippen LogP contribution in [0, 0.1) is 25.2 Å². The lowest BCUT2D eigenvalue weighted by Gasteiger charge is -2.60. The minimum Gasteiger partial charge on any atom is -0.504 e. The predicted octanol–water partition coefficient (Wildman–Crippen LogP) is 3.19. The summed E-state index contributed by atoms with van der Waals surface area (Å²) in [4.78, 5) is 42.6. The molecule has 0 radical (unpaired) electrons. The largest absolute Gasteiger partial charge is 0.504 e. The number of ether oxygens (including phenoxy) is 5. The third-order valence-corrected chi connectivity index (χ3v) is 11.0. The van der Waals surface area contributed by atoms with Crippen LogP contribution in [0.4, 0.5) is 0 Å². The monoisotopic (exact) mass is 635 g/mol. The van der Waals surface area contributed by atoms with Gasteiger partial charge in [-0.3, -0.25) is 19.4 Å². The van der Waals surface area contributed by atoms with E-state index in [1.54, 1.807) is 6.92 Å². The summed E-state index contributed by atoms with van der Waals surface area (Å²) in [5.74, 6) is -0.735. The predicted molar refractivity (Wildman–Crippen MR) is 160 cm³/mol. The van der Waals surface area contributed by atoms with Crippen molar-refractivity contribution in [1.82, 2.24) is 9.80 Å². The molecule has 1 N–H and O–H groups in total. The van der Waals surface area contributed by atoms with Gasteiger partial charge in [-0.25, -0.2) is 4.79 Å². The van der Waals surface area contributed by atoms with Gasteiger partial charge in [-0.05, 0) is 32.0 Å². The number of ketones is 1. The van der Waals surface area contributed by atoms with Crippen LogP contribution in [-0.4, -0.2) is 84.1 Å². The summed E-state index contributed by atoms with van der Waals surface area (Å²) in [6, 6.07) is 3.08. The fourth-order valence-corrected chi connectivity index (χ4v) is 9.56. The smallest absolute Gasteiger partial charge is 0.375 e. The van der Waals surface area contributed by atoms with Gasteiger partial charge >= 0.3 is 11.9 Å². The number of methoxy groups -OCH3 is 1. The van der Waals surface area contributed by atoms with E-state index in [1.807, 2.05) is 20.0 Å². The number of likely N-dealkylation sites (N-methyl/N-ethyl adjacent to an activating group) is 1. The van der Waals surface area contributed by atoms with Crippen molar-refractivity contribution in [3.8, 4) is 34.8 Å². The quantitative estimate of drug-likeness (QED) is 0.293. The Kier molecular flexibility index (Phi) is 6.96. The molecule has 6 heterocycles. The molecule has 0 amide bonds. The number of carbonyl (C=O) groups excluding carboxylic acids is 3. The zero-order valence-corrected chi connectivity index (χ0v) is 26.4. The average molecular weight is 636 g/mol. The number of aromatic hydroxyl groups is 1. The molecular weight excluding hydrogens is 602 g/mol. The third-order valence-electron chi connectivity index (χ3n) is 9.71. The van der Waals surface area contributed by atoms with Crippen LogP contribution in [0.5, 0.6) is 28.7 Å². The van der Waals surface area contributed by atoms with Crippen molar-refractivity contribution in [2.45, 2.75) is 62.5 Å². The molecule has 6 aliphatic rings. The number of hydrogen-bond donors (Lipinski definition) is 1. The summed E-state index contributed by atoms with van der Waals surface area (Å²) >= 11 is 1.23. The van der Waals surface area contributed by atoms with Gasteiger partial charge in [0, 0.05) is 60.6 Å². The number of carbonyl (C=O) groups is 3. The van der Waals surface area contributed by atoms with E-state index in [2.05, 4.69) is 15.9 Å². The lowest BCUT2D eigenvalue weighted by molar-refractivity contribution is -0.153. The molecule has 236 valence electrons. The number of rotatable bonds is 2. The Hall–Kier alpha value is -3.99. The zero-order valence-electron chi connectivity index (χ0n) is 25.6. The standard InChI is InChI=1S/C32H33N3O9S/c1-14-8-17-9-32(11-33)12-34(4)23(20(17)25(38)26(14)40-5)24-30-22-21(18(35(24)32)6-7-41-31(39)19(37)10-45-30)29-28(42-13-43-29)15(2)27(22)44-16(3)36/h8,18,23-24,30,38H,6-7,9-10,12-13H2,1-5H3/t18-,23-,24+,30+,32?/m0/s1. The topological polar surface area (TPSA) is 148 Å². The molecule has 2 aromatic carbocycles. The maximum absolute atomic E-state index is 13.0. The summed E-state index contributed by atoms with van der Waals surface area (Å²) in [5.41, 5.74) is 3.05. The second kappa shape index (κ2) is 10.5. The maximum Gasteiger partial charge on any atom is 0.375 e. The van der Waals surface area contributed by atoms with E-state index in [-0.39, 0.29) is 31.3 Å². The number of benzene rings is 2. The highest BCUT2D eigenvalue weighted by atomic mass is 32.2. The SMILES string of the molecule is COc1c(C)cc2c(c1O)[C@H]1[C@@H]3[C@@H]4SCC(=O)C(=O)OCC[C@@H](c5c6c(c(C)c(OC(C)=O)c54)OCO6)N3C(C#N)(C2)CN1C. The molecule has 2 unspecified atom stereocenters. The van der Waals surface area contributed by atoms with E-state index >= 15 is 0 Å². The van der Waals surface area contributed by atoms with Crippen molar-refractivity contribution in [2.75, 3.05) is 39.9 Å². The van der Waals surface area contributed by atoms with E-state index in [4.69, 9.17) is 23.7 Å². The van der Waals surface area contributed by atoms with Gasteiger partial charge in [-0.1, -0.05) is 6.07 Å². The summed E-state index contributed by atoms with van der Waals surface area (Å²) < 4.78 is 29.1. The number of phenols is 1. The maximum atomic E-state index is 13.0. The van der Waals surface area contributed by atoms with Crippen molar-refractivity contribution in [3.05, 3.63) is 39.4 Å². The zero-order chi connectivity index (χ0) is 31.9. The van der Waals surface area contributed by atoms with Crippen LogP contribution < -0.4 is 18.9 Å². The van der Waals surface area contributed by atoms with Crippen molar-refractivity contribution in [3.63, 3.8) is 0 Å². The van der Waals surface area contributed by atoms with E-state index in [0.29, 0.717) is 58.2 Å². The molecule has 45 heavy (non-hydrogen) atoms. The van der Waals surface area contributed by atoms with Crippen LogP contribution in [0.15, 0.2) is 6.07 Å². The number of nitrogens with zero attached hydrogens (tertiary/aromatic N) is 3. The van der Waals surface area contributed by atoms with Gasteiger partial charge in [0.1, 0.15) is 11.3 Å². The van der Waals surface area contributed by atoms with Gasteiger partial charge in [-0.2, -0.15) is 5.26 Å². The van der Waals surface area contributed by atoms with Gasteiger partial charge in [0.15, 0.2) is 23.0 Å². The number of cyclic esters (lactones) is 1. The van der Waals surface area contributed by atoms with Gasteiger partial charge in [0.05, 0.1) is 36.8 Å². The number of aryl methyl sites for hydroxylation is 1. The molecule has 2 saturated heterocycles. The number of Topliss-reactive ketones (excluding diaryl/α,β-unsaturated/α-hetero) is 1. The Labute approximate surface area is 264 Å². The van der Waals surface area contributed by atoms with Crippen LogP contribution in [0.2, 0.25) is 0 Å². The van der Waals surface area contributed by atoms with Gasteiger partial charge in [0.2, 0.25) is 12.6 Å². The van der Waals surface area contributed by atoms with Crippen molar-refractivity contribution in [2.24, 2.45) is 0 Å². The van der Waals surface area contributed by atoms with Gasteiger partial charge in [-0.15, -0.1) is 11.8 Å². The Bertz CT molecular complexity index is 1720. The van der Waals surface area contributed by atoms with E-state index < -0.39 is 46.6 Å². The normalized spacial score (nSPS) is 29.8. The summed E-state index contributed by atoms with van der Waals surface area (Å²) in [6.07, 6.45) is 0.529. The summed E-state index contributed by atoms with van der Waals surface area (Å²) in [6.45, 7) is 5.20. The van der Waals surface area contributed by atoms with Crippen molar-refractivity contribution >= 4 is 29.5 Å². The molecule has 0 spiro atoms. The molecule has 2 fully saturated rings. The molecule has 0 saturated carbocycles. The lowest BCUT2D eigenvalue weighted by Crippen LogP contribution is -2.68. The number of piperazine rings is 1. The van der Waals surface area contributed by atoms with Crippen LogP contribution in [0.25, 0.3) is 0 Å². The number of fused-ring (bicyclic) bond motifs is 6. The van der Waals surface area contributed by atoms with Crippen molar-refractivity contribution < 1.29 is 43.2 Å². The number of esters is 2. The summed E-state index contributed by atoms with van der Waals surface area (Å²) in [7, 11) is 3.44. The highest BCUT2D eigenvalue weighted by Crippen LogP contribution is 2.65. The number of thioether (sulfide) groups is 1. The first-order valence-electron chi connectivity index (χ1n) is 14.8. The number of phenolic OH excluding ortho intramolecular Hbond substituents is 1. The fourth-order valence-electron chi connectivity index (χ4n) is 8.23. The first-order valence-corrected chi connectivity index (χ1v) is 15.8. The molecule has 13 heteroatoms. The molecular formula is C32H33N3O9S. The molecule has 4 bridgehead atoms. The van der Waals surface area contributed by atoms with Gasteiger partial charge < -0.3 is 28.8 Å². The lowest BCUT2D eigenvalue weighted by atomic mass is 9.75. The third kappa shape index (κ3) is 4.15. The first kappa shape index (κ1) is 29.7. The number of hydrogen-bond acceptors (Lipinski definition) is 13. The Morgan fingerprint density at radius 2 is 1.91 bits per heavy atom. The molecule has 12 nitrogen and oxygen atoms in total. The number of nitriles is 1. The van der Waals surface area contributed by atoms with E-state index in [1.165, 1.54) is 25.8 Å². The van der Waals surface area contributed by atoms with Crippen LogP contribution >= 0.6 is 11.8 Å². The fraction of sp³-hybridized carbons (Fsp3) is 0.500. The first-order chi connectivity index (χ1) is 21.5. The van der Waals surface area contributed by atoms with Crippen LogP contribution in [0.3, 0.4) is 0 Å². The van der Waals surface area contributed by atoms with Crippen molar-refractivity contribution in [1.29, 1.82) is 5.26 Å². The van der Waals surface area contributed by atoms with Crippen LogP contribution in [0.1, 0.15) is 64.1 Å². The Morgan fingerprint density at radius 3 is 2.62 bits per heavy atom. The molecule has 6 aliphatic heterocycles. The Morgan fingerprint density at radius 1 is 1.16 bits per heavy atom. The minimum absolute atomic E-state index is 0.00650. The average Bonchev–Trinajstić information content (AvgIpc) is 3.38. The van der Waals surface area contributed by atoms with E-state index in [0.717, 1.165) is 11.1 Å². The molecule has 2 aromatic rings. The molecule has 6 atom stereocenters. The molecule has 0 aliphatic carbocycles. The van der Waals surface area contributed by atoms with Crippen LogP contribution in [-0.2, 0) is 25.5 Å². The second-order valence-corrected chi connectivity index (χ2v) is 13.4. The minimum atomic E-state index is -1.10. The summed E-state index contributed by atoms with van der Waals surface area (Å²) in [5, 5.41) is 22.3. The highest BCUT2D eigenvalue weighted by molar-refractivity contribution is 8.00. The van der Waals surface area contributed by atoms with Gasteiger partial charge in [0.25, 0.3) is 0 Å². The second-order valence-electron chi connectivity index (χ2n) is 12.3. The van der Waals surface area contributed by atoms with E-state index in [9.17, 15) is 24.8 Å².